The van der Waals surface area contributed by atoms with E-state index in [9.17, 15) is 27.6 Å². The Labute approximate surface area is 177 Å². The second kappa shape index (κ2) is 9.23. The summed E-state index contributed by atoms with van der Waals surface area (Å²) in [5, 5.41) is 2.39. The van der Waals surface area contributed by atoms with Crippen LogP contribution in [0.15, 0.2) is 18.2 Å². The van der Waals surface area contributed by atoms with Crippen LogP contribution < -0.4 is 16.0 Å². The molecule has 0 unspecified atom stereocenters. The SMILES string of the molecule is CCN(C1CCC1)[C@H](C(N)=O)C(=O)Nc1ccc(N2CCOCC2=O)c(C(F)(F)F)c1. The Kier molecular flexibility index (Phi) is 6.85. The molecule has 1 atom stereocenters. The first-order chi connectivity index (χ1) is 14.6. The number of ether oxygens (including phenoxy) is 1. The van der Waals surface area contributed by atoms with E-state index in [1.807, 2.05) is 0 Å². The van der Waals surface area contributed by atoms with Crippen molar-refractivity contribution < 1.29 is 32.3 Å². The summed E-state index contributed by atoms with van der Waals surface area (Å²) in [6, 6.07) is 1.90. The molecule has 3 amide bonds. The predicted molar refractivity (Wildman–Crippen MR) is 106 cm³/mol. The van der Waals surface area contributed by atoms with Gasteiger partial charge >= 0.3 is 6.18 Å². The smallest absolute Gasteiger partial charge is 0.370 e. The molecule has 170 valence electrons. The lowest BCUT2D eigenvalue weighted by atomic mass is 9.90. The Hall–Kier alpha value is -2.66. The van der Waals surface area contributed by atoms with Crippen molar-refractivity contribution in [1.29, 1.82) is 0 Å². The molecule has 1 saturated heterocycles. The molecule has 11 heteroatoms. The fraction of sp³-hybridized carbons (Fsp3) is 0.550. The highest BCUT2D eigenvalue weighted by Crippen LogP contribution is 2.39. The van der Waals surface area contributed by atoms with Gasteiger partial charge in [0.15, 0.2) is 6.04 Å². The Balaban J connectivity index is 1.87. The molecule has 3 N–H and O–H groups in total. The molecule has 0 aromatic heterocycles. The Bertz CT molecular complexity index is 857. The molecule has 2 fully saturated rings. The van der Waals surface area contributed by atoms with E-state index in [0.29, 0.717) is 6.54 Å². The number of nitrogens with zero attached hydrogens (tertiary/aromatic N) is 2. The van der Waals surface area contributed by atoms with Crippen molar-refractivity contribution in [1.82, 2.24) is 4.90 Å². The molecule has 1 aliphatic carbocycles. The molecule has 1 aliphatic heterocycles. The number of benzene rings is 1. The van der Waals surface area contributed by atoms with E-state index < -0.39 is 35.5 Å². The van der Waals surface area contributed by atoms with E-state index >= 15 is 0 Å². The molecule has 0 spiro atoms. The molecular weight excluding hydrogens is 417 g/mol. The first kappa shape index (κ1) is 23.0. The Morgan fingerprint density at radius 2 is 2.06 bits per heavy atom. The van der Waals surface area contributed by atoms with Gasteiger partial charge in [0.25, 0.3) is 11.8 Å². The number of hydrogen-bond donors (Lipinski definition) is 2. The lowest BCUT2D eigenvalue weighted by molar-refractivity contribution is -0.138. The largest absolute Gasteiger partial charge is 0.418 e. The van der Waals surface area contributed by atoms with Crippen LogP contribution in [0, 0.1) is 0 Å². The molecule has 8 nitrogen and oxygen atoms in total. The molecule has 1 saturated carbocycles. The Morgan fingerprint density at radius 3 is 2.58 bits per heavy atom. The average Bonchev–Trinajstić information content (AvgIpc) is 2.65. The first-order valence-electron chi connectivity index (χ1n) is 10.1. The second-order valence-electron chi connectivity index (χ2n) is 7.54. The van der Waals surface area contributed by atoms with Crippen molar-refractivity contribution in [2.75, 3.05) is 36.5 Å². The highest BCUT2D eigenvalue weighted by Gasteiger charge is 2.39. The minimum absolute atomic E-state index is 0.00971. The third kappa shape index (κ3) is 4.99. The number of nitrogens with one attached hydrogen (secondary N) is 1. The fourth-order valence-electron chi connectivity index (χ4n) is 3.87. The van der Waals surface area contributed by atoms with Gasteiger partial charge in [-0.15, -0.1) is 0 Å². The number of anilines is 2. The monoisotopic (exact) mass is 442 g/mol. The zero-order valence-corrected chi connectivity index (χ0v) is 17.1. The van der Waals surface area contributed by atoms with Crippen molar-refractivity contribution in [2.45, 2.75) is 44.4 Å². The quantitative estimate of drug-likeness (QED) is 0.626. The van der Waals surface area contributed by atoms with Gasteiger partial charge in [-0.05, 0) is 37.6 Å². The van der Waals surface area contributed by atoms with Crippen molar-refractivity contribution in [3.63, 3.8) is 0 Å². The van der Waals surface area contributed by atoms with Gasteiger partial charge in [-0.2, -0.15) is 13.2 Å². The molecule has 2 aliphatic rings. The minimum atomic E-state index is -4.76. The highest BCUT2D eigenvalue weighted by molar-refractivity contribution is 6.09. The van der Waals surface area contributed by atoms with Crippen LogP contribution in [0.5, 0.6) is 0 Å². The number of carbonyl (C=O) groups excluding carboxylic acids is 3. The van der Waals surface area contributed by atoms with Gasteiger partial charge in [-0.3, -0.25) is 19.3 Å². The fourth-order valence-corrected chi connectivity index (χ4v) is 3.87. The number of halogens is 3. The van der Waals surface area contributed by atoms with Gasteiger partial charge in [-0.25, -0.2) is 0 Å². The average molecular weight is 442 g/mol. The summed E-state index contributed by atoms with van der Waals surface area (Å²) in [5.41, 5.74) is 3.92. The van der Waals surface area contributed by atoms with Gasteiger partial charge in [0.05, 0.1) is 17.9 Å². The van der Waals surface area contributed by atoms with E-state index in [1.54, 1.807) is 11.8 Å². The maximum absolute atomic E-state index is 13.7. The lowest BCUT2D eigenvalue weighted by Gasteiger charge is -2.40. The predicted octanol–water partition coefficient (Wildman–Crippen LogP) is 1.74. The third-order valence-electron chi connectivity index (χ3n) is 5.60. The summed E-state index contributed by atoms with van der Waals surface area (Å²) in [5.74, 6) is -2.23. The van der Waals surface area contributed by atoms with Crippen molar-refractivity contribution in [2.24, 2.45) is 5.73 Å². The lowest BCUT2D eigenvalue weighted by Crippen LogP contribution is -2.57. The van der Waals surface area contributed by atoms with Crippen LogP contribution >= 0.6 is 0 Å². The van der Waals surface area contributed by atoms with Crippen LogP contribution in [0.3, 0.4) is 0 Å². The number of nitrogens with two attached hydrogens (primary N) is 1. The van der Waals surface area contributed by atoms with Crippen LogP contribution in [0.4, 0.5) is 24.5 Å². The van der Waals surface area contributed by atoms with Gasteiger partial charge in [0.2, 0.25) is 5.91 Å². The second-order valence-corrected chi connectivity index (χ2v) is 7.54. The molecular formula is C20H25F3N4O4. The molecule has 1 aromatic rings. The zero-order valence-electron chi connectivity index (χ0n) is 17.1. The summed E-state index contributed by atoms with van der Waals surface area (Å²) in [7, 11) is 0. The van der Waals surface area contributed by atoms with Crippen molar-refractivity contribution in [3.05, 3.63) is 23.8 Å². The standard InChI is InChI=1S/C20H25F3N4O4/c1-2-26(13-4-3-5-13)17(18(24)29)19(30)25-12-6-7-15(14(10-12)20(21,22)23)27-8-9-31-11-16(27)28/h6-7,10,13,17H,2-5,8-9,11H2,1H3,(H2,24,29)(H,25,30)/t17-/m1/s1. The molecule has 3 rings (SSSR count). The van der Waals surface area contributed by atoms with Gasteiger partial charge < -0.3 is 20.7 Å². The normalized spacial score (nSPS) is 18.6. The van der Waals surface area contributed by atoms with Crippen LogP contribution in [0.25, 0.3) is 0 Å². The van der Waals surface area contributed by atoms with Gasteiger partial charge in [0.1, 0.15) is 6.61 Å². The molecule has 0 radical (unpaired) electrons. The number of likely N-dealkylation sites (N-methyl/N-ethyl adjacent to an activating group) is 1. The summed E-state index contributed by atoms with van der Waals surface area (Å²) in [4.78, 5) is 39.5. The number of morpholine rings is 1. The number of rotatable bonds is 7. The van der Waals surface area contributed by atoms with Crippen LogP contribution in [0.1, 0.15) is 31.7 Å². The van der Waals surface area contributed by atoms with E-state index in [-0.39, 0.29) is 37.2 Å². The first-order valence-corrected chi connectivity index (χ1v) is 10.1. The molecule has 0 bridgehead atoms. The van der Waals surface area contributed by atoms with Crippen LogP contribution in [0.2, 0.25) is 0 Å². The van der Waals surface area contributed by atoms with Crippen molar-refractivity contribution >= 4 is 29.1 Å². The molecule has 31 heavy (non-hydrogen) atoms. The third-order valence-corrected chi connectivity index (χ3v) is 5.60. The highest BCUT2D eigenvalue weighted by atomic mass is 19.4. The summed E-state index contributed by atoms with van der Waals surface area (Å²) in [6.45, 7) is 2.00. The van der Waals surface area contributed by atoms with Gasteiger partial charge in [0, 0.05) is 18.3 Å². The summed E-state index contributed by atoms with van der Waals surface area (Å²) < 4.78 is 46.1. The van der Waals surface area contributed by atoms with Crippen molar-refractivity contribution in [3.8, 4) is 0 Å². The molecule has 1 heterocycles. The number of hydrogen-bond acceptors (Lipinski definition) is 5. The topological polar surface area (TPSA) is 105 Å². The Morgan fingerprint density at radius 1 is 1.35 bits per heavy atom. The number of primary amides is 1. The van der Waals surface area contributed by atoms with E-state index in [1.165, 1.54) is 6.07 Å². The maximum atomic E-state index is 13.7. The van der Waals surface area contributed by atoms with E-state index in [2.05, 4.69) is 5.32 Å². The molecule has 1 aromatic carbocycles. The van der Waals surface area contributed by atoms with Crippen LogP contribution in [-0.2, 0) is 25.3 Å². The summed E-state index contributed by atoms with van der Waals surface area (Å²) >= 11 is 0. The number of amides is 3. The zero-order chi connectivity index (χ0) is 22.8. The van der Waals surface area contributed by atoms with Gasteiger partial charge in [-0.1, -0.05) is 13.3 Å². The number of alkyl halides is 3. The maximum Gasteiger partial charge on any atom is 0.418 e. The van der Waals surface area contributed by atoms with E-state index in [4.69, 9.17) is 10.5 Å². The minimum Gasteiger partial charge on any atom is -0.370 e. The van der Waals surface area contributed by atoms with Crippen LogP contribution in [-0.4, -0.2) is 61.0 Å². The summed E-state index contributed by atoms with van der Waals surface area (Å²) in [6.07, 6.45) is -2.14. The number of carbonyl (C=O) groups is 3. The van der Waals surface area contributed by atoms with E-state index in [0.717, 1.165) is 36.3 Å².